The average Bonchev–Trinajstić information content (AvgIpc) is 3.35. The van der Waals surface area contributed by atoms with E-state index in [9.17, 15) is 72.9 Å². The van der Waals surface area contributed by atoms with Crippen molar-refractivity contribution in [1.29, 1.82) is 0 Å². The average molecular weight is 1110 g/mol. The number of phenols is 1. The van der Waals surface area contributed by atoms with Crippen molar-refractivity contribution in [1.82, 2.24) is 42.5 Å². The lowest BCUT2D eigenvalue weighted by atomic mass is 9.95. The van der Waals surface area contributed by atoms with E-state index in [2.05, 4.69) is 47.5 Å². The maximum atomic E-state index is 14.5. The van der Waals surface area contributed by atoms with Gasteiger partial charge in [-0.2, -0.15) is 0 Å². The maximum Gasteiger partial charge on any atom is 0.326 e. The molecule has 10 amide bonds. The predicted molar refractivity (Wildman–Crippen MR) is 280 cm³/mol. The summed E-state index contributed by atoms with van der Waals surface area (Å²) in [5.41, 5.74) is 33.0. The van der Waals surface area contributed by atoms with E-state index >= 15 is 0 Å². The zero-order chi connectivity index (χ0) is 59.2. The molecule has 0 bridgehead atoms. The van der Waals surface area contributed by atoms with Gasteiger partial charge < -0.3 is 92.3 Å². The van der Waals surface area contributed by atoms with E-state index in [1.165, 1.54) is 24.3 Å². The lowest BCUT2D eigenvalue weighted by molar-refractivity contribution is -0.143. The summed E-state index contributed by atoms with van der Waals surface area (Å²) in [5, 5.41) is 48.6. The number of rotatable bonds is 38. The van der Waals surface area contributed by atoms with Gasteiger partial charge in [-0.25, -0.2) is 4.79 Å². The normalized spacial score (nSPS) is 14.4. The number of unbranched alkanes of at least 4 members (excludes halogenated alkanes) is 1. The third-order valence-electron chi connectivity index (χ3n) is 11.8. The quantitative estimate of drug-likeness (QED) is 0.0167. The topological polar surface area (TPSA) is 530 Å². The van der Waals surface area contributed by atoms with Crippen molar-refractivity contribution in [2.75, 3.05) is 19.6 Å². The van der Waals surface area contributed by atoms with Crippen LogP contribution in [0.15, 0.2) is 29.3 Å². The van der Waals surface area contributed by atoms with Crippen molar-refractivity contribution in [3.8, 4) is 5.75 Å². The molecule has 0 spiro atoms. The predicted octanol–water partition coefficient (Wildman–Crippen LogP) is -5.25. The minimum Gasteiger partial charge on any atom is -0.508 e. The van der Waals surface area contributed by atoms with Crippen molar-refractivity contribution in [3.05, 3.63) is 29.8 Å². The number of aromatic hydroxyl groups is 1. The number of benzene rings is 1. The summed E-state index contributed by atoms with van der Waals surface area (Å²) in [6.45, 7) is 6.36. The summed E-state index contributed by atoms with van der Waals surface area (Å²) >= 11 is 0. The summed E-state index contributed by atoms with van der Waals surface area (Å²) in [4.78, 5) is 162. The van der Waals surface area contributed by atoms with Gasteiger partial charge >= 0.3 is 11.9 Å². The number of hydrogen-bond donors (Lipinski definition) is 17. The van der Waals surface area contributed by atoms with Gasteiger partial charge in [-0.1, -0.05) is 46.2 Å². The lowest BCUT2D eigenvalue weighted by Gasteiger charge is -2.30. The molecule has 0 saturated heterocycles. The first-order valence-electron chi connectivity index (χ1n) is 25.3. The number of phenolic OH excluding ortho intramolecular Hbond substituents is 1. The maximum absolute atomic E-state index is 14.5. The number of nitrogens with zero attached hydrogens (tertiary/aromatic N) is 1. The van der Waals surface area contributed by atoms with Crippen LogP contribution in [-0.4, -0.2) is 160 Å². The van der Waals surface area contributed by atoms with Crippen molar-refractivity contribution < 1.29 is 72.9 Å². The molecule has 436 valence electrons. The molecule has 30 heteroatoms. The van der Waals surface area contributed by atoms with E-state index < -0.39 is 157 Å². The Morgan fingerprint density at radius 1 is 0.551 bits per heavy atom. The number of carbonyl (C=O) groups is 12. The third-order valence-corrected chi connectivity index (χ3v) is 11.8. The summed E-state index contributed by atoms with van der Waals surface area (Å²) in [6, 6.07) is -7.05. The van der Waals surface area contributed by atoms with Gasteiger partial charge in [0.1, 0.15) is 54.1 Å². The highest BCUT2D eigenvalue weighted by atomic mass is 16.4. The van der Waals surface area contributed by atoms with E-state index in [0.29, 0.717) is 18.4 Å². The minimum absolute atomic E-state index is 0.00400. The highest BCUT2D eigenvalue weighted by Crippen LogP contribution is 2.16. The molecule has 1 aromatic rings. The molecule has 78 heavy (non-hydrogen) atoms. The van der Waals surface area contributed by atoms with Gasteiger partial charge in [0.05, 0.1) is 19.4 Å². The summed E-state index contributed by atoms with van der Waals surface area (Å²) < 4.78 is 0. The lowest BCUT2D eigenvalue weighted by Crippen LogP contribution is -2.61. The Morgan fingerprint density at radius 3 is 1.54 bits per heavy atom. The number of nitrogens with one attached hydrogen (secondary N) is 8. The van der Waals surface area contributed by atoms with Crippen LogP contribution in [0.1, 0.15) is 104 Å². The number of nitrogens with two attached hydrogens (primary N) is 6. The fraction of sp³-hybridized carbons (Fsp3) is 0.604. The number of amides is 10. The van der Waals surface area contributed by atoms with E-state index in [1.54, 1.807) is 27.7 Å². The molecule has 0 fully saturated rings. The van der Waals surface area contributed by atoms with Gasteiger partial charge in [-0.3, -0.25) is 57.7 Å². The minimum atomic E-state index is -1.86. The molecule has 0 aliphatic carbocycles. The molecule has 0 heterocycles. The van der Waals surface area contributed by atoms with Crippen LogP contribution in [0.25, 0.3) is 0 Å². The molecule has 1 aromatic carbocycles. The van der Waals surface area contributed by atoms with Crippen LogP contribution in [0.5, 0.6) is 5.75 Å². The van der Waals surface area contributed by atoms with Crippen molar-refractivity contribution in [2.45, 2.75) is 153 Å². The highest BCUT2D eigenvalue weighted by Gasteiger charge is 2.37. The molecular weight excluding hydrogens is 1030 g/mol. The molecule has 9 atom stereocenters. The highest BCUT2D eigenvalue weighted by molar-refractivity contribution is 5.99. The van der Waals surface area contributed by atoms with Crippen LogP contribution in [0, 0.1) is 11.8 Å². The monoisotopic (exact) mass is 1110 g/mol. The van der Waals surface area contributed by atoms with E-state index in [1.807, 2.05) is 0 Å². The standard InChI is InChI=1S/C48H79N15O15/c1-5-25(4)39(63-45(75)31(19-24(2)3)60-44(74)34(22-38(68)69)56-37(67)23-50)46(76)62-32(20-26-11-13-27(64)14-12-26)42(72)57-28(10-8-18-55-48(53)54)40(70)61-33(21-36(52)66)43(73)58-29(15-16-35(51)65)41(71)59-30(47(77)78)9-6-7-17-49/h11-14,24-25,28-34,39,64H,5-10,15-23,49-50H2,1-4H3,(H2,51,65)(H2,52,66)(H,56,67)(H,57,72)(H,58,73)(H,59,71)(H,60,74)(H,61,70)(H,62,76)(H,63,75)(H,68,69)(H,77,78)(H4,53,54,55)/t25-,28-,29-,30-,31-,32-,33-,34-,39-/m0/s1. The zero-order valence-electron chi connectivity index (χ0n) is 44.3. The molecule has 0 radical (unpaired) electrons. The Morgan fingerprint density at radius 2 is 1.04 bits per heavy atom. The van der Waals surface area contributed by atoms with Crippen molar-refractivity contribution >= 4 is 77.0 Å². The van der Waals surface area contributed by atoms with Crippen LogP contribution in [0.3, 0.4) is 0 Å². The molecule has 0 aliphatic heterocycles. The molecule has 0 aromatic heterocycles. The largest absolute Gasteiger partial charge is 0.508 e. The van der Waals surface area contributed by atoms with Gasteiger partial charge in [0.25, 0.3) is 0 Å². The van der Waals surface area contributed by atoms with Gasteiger partial charge in [0, 0.05) is 19.4 Å². The SMILES string of the molecule is CC[C@H](C)[C@H](NC(=O)[C@H](CC(C)C)NC(=O)[C@H](CC(=O)O)NC(=O)CN)C(=O)N[C@@H](Cc1ccc(O)cc1)C(=O)N[C@@H](CCCN=C(N)N)C(=O)N[C@@H](CC(N)=O)C(=O)N[C@@H](CCC(N)=O)C(=O)N[C@@H](CCCCN)C(=O)O. The van der Waals surface area contributed by atoms with Crippen LogP contribution in [-0.2, 0) is 64.0 Å². The fourth-order valence-corrected chi connectivity index (χ4v) is 7.48. The Bertz CT molecular complexity index is 2260. The Labute approximate surface area is 450 Å². The number of primary amides is 2. The summed E-state index contributed by atoms with van der Waals surface area (Å²) in [6.07, 6.45) is -2.28. The number of hydrogen-bond acceptors (Lipinski definition) is 16. The first kappa shape index (κ1) is 67.9. The second kappa shape index (κ2) is 35.2. The molecule has 0 aliphatic rings. The van der Waals surface area contributed by atoms with Gasteiger partial charge in [0.15, 0.2) is 5.96 Å². The van der Waals surface area contributed by atoms with E-state index in [-0.39, 0.29) is 69.2 Å². The van der Waals surface area contributed by atoms with Gasteiger partial charge in [-0.15, -0.1) is 0 Å². The van der Waals surface area contributed by atoms with Crippen molar-refractivity contribution in [3.63, 3.8) is 0 Å². The number of carboxylic acid groups (broad SMARTS) is 2. The first-order valence-corrected chi connectivity index (χ1v) is 25.3. The van der Waals surface area contributed by atoms with E-state index in [4.69, 9.17) is 34.4 Å². The summed E-state index contributed by atoms with van der Waals surface area (Å²) in [5.74, 6) is -14.3. The third kappa shape index (κ3) is 26.6. The Kier molecular flexibility index (Phi) is 30.7. The van der Waals surface area contributed by atoms with Gasteiger partial charge in [0.2, 0.25) is 59.1 Å². The van der Waals surface area contributed by atoms with Crippen LogP contribution in [0.4, 0.5) is 0 Å². The Balaban J connectivity index is 3.74. The van der Waals surface area contributed by atoms with Crippen LogP contribution >= 0.6 is 0 Å². The number of carbonyl (C=O) groups excluding carboxylic acids is 10. The second-order valence-corrected chi connectivity index (χ2v) is 18.9. The van der Waals surface area contributed by atoms with E-state index in [0.717, 1.165) is 0 Å². The smallest absolute Gasteiger partial charge is 0.326 e. The molecule has 0 saturated carbocycles. The zero-order valence-corrected chi connectivity index (χ0v) is 44.3. The number of aliphatic carboxylic acids is 2. The molecular formula is C48H79N15O15. The van der Waals surface area contributed by atoms with Crippen molar-refractivity contribution in [2.24, 2.45) is 51.2 Å². The number of aliphatic imine (C=N–C) groups is 1. The Hall–Kier alpha value is -8.15. The molecule has 23 N–H and O–H groups in total. The second-order valence-electron chi connectivity index (χ2n) is 18.9. The van der Waals surface area contributed by atoms with Crippen LogP contribution < -0.4 is 76.9 Å². The fourth-order valence-electron chi connectivity index (χ4n) is 7.48. The van der Waals surface area contributed by atoms with Crippen LogP contribution in [0.2, 0.25) is 0 Å². The first-order chi connectivity index (χ1) is 36.6. The molecule has 1 rings (SSSR count). The summed E-state index contributed by atoms with van der Waals surface area (Å²) in [7, 11) is 0. The molecule has 0 unspecified atom stereocenters. The molecule has 30 nitrogen and oxygen atoms in total. The number of carboxylic acids is 2. The number of guanidine groups is 1. The van der Waals surface area contributed by atoms with Gasteiger partial charge in [-0.05, 0) is 81.0 Å².